The molecule has 36 heavy (non-hydrogen) atoms. The van der Waals surface area contributed by atoms with Gasteiger partial charge in [0.25, 0.3) is 10.0 Å². The Hall–Kier alpha value is -2.81. The molecule has 6 nitrogen and oxygen atoms in total. The maximum absolute atomic E-state index is 13.3. The molecule has 3 atom stereocenters. The summed E-state index contributed by atoms with van der Waals surface area (Å²) in [6, 6.07) is 15.6. The van der Waals surface area contributed by atoms with E-state index in [9.17, 15) is 16.8 Å². The van der Waals surface area contributed by atoms with Crippen LogP contribution in [0, 0.1) is 19.8 Å². The van der Waals surface area contributed by atoms with Crippen LogP contribution in [-0.2, 0) is 19.9 Å². The highest BCUT2D eigenvalue weighted by Gasteiger charge is 2.39. The average Bonchev–Trinajstić information content (AvgIpc) is 3.30. The normalized spacial score (nSPS) is 20.9. The van der Waals surface area contributed by atoms with E-state index >= 15 is 0 Å². The van der Waals surface area contributed by atoms with Crippen LogP contribution < -0.4 is 10.0 Å². The minimum Gasteiger partial charge on any atom is -0.378 e. The lowest BCUT2D eigenvalue weighted by Crippen LogP contribution is -2.29. The van der Waals surface area contributed by atoms with Crippen molar-refractivity contribution in [3.05, 3.63) is 94.0 Å². The number of anilines is 2. The van der Waals surface area contributed by atoms with Crippen molar-refractivity contribution in [2.24, 2.45) is 5.92 Å². The van der Waals surface area contributed by atoms with Gasteiger partial charge in [-0.1, -0.05) is 42.0 Å². The Labute approximate surface area is 217 Å². The smallest absolute Gasteiger partial charge is 0.263 e. The summed E-state index contributed by atoms with van der Waals surface area (Å²) in [5.41, 5.74) is 5.18. The van der Waals surface area contributed by atoms with Crippen LogP contribution in [0.3, 0.4) is 0 Å². The molecule has 0 amide bonds. The first-order valence-corrected chi connectivity index (χ1v) is 15.4. The van der Waals surface area contributed by atoms with Crippen molar-refractivity contribution >= 4 is 42.8 Å². The highest BCUT2D eigenvalue weighted by atomic mass is 35.5. The number of hydrogen-bond acceptors (Lipinski definition) is 5. The van der Waals surface area contributed by atoms with E-state index < -0.39 is 19.9 Å². The van der Waals surface area contributed by atoms with Gasteiger partial charge in [0, 0.05) is 23.5 Å². The van der Waals surface area contributed by atoms with E-state index in [0.717, 1.165) is 34.4 Å². The molecule has 2 aliphatic rings. The zero-order valence-electron chi connectivity index (χ0n) is 20.1. The summed E-state index contributed by atoms with van der Waals surface area (Å²) in [7, 11) is -7.19. The number of allylic oxidation sites excluding steroid dienone is 2. The molecule has 2 N–H and O–H groups in total. The van der Waals surface area contributed by atoms with Crippen molar-refractivity contribution < 1.29 is 16.8 Å². The number of aryl methyl sites for hydroxylation is 2. The van der Waals surface area contributed by atoms with Gasteiger partial charge in [0.15, 0.2) is 9.84 Å². The SMILES string of the molecule is Cc1ccc(NS(=O)(=O)c2cc3c(cc2Cl)N[C@@H](c2ccc(S(C)(=O)=O)cc2)[C@@H]2CC=C[C@H]32)cc1C. The molecule has 0 saturated carbocycles. The van der Waals surface area contributed by atoms with Crippen molar-refractivity contribution in [1.82, 2.24) is 0 Å². The number of rotatable bonds is 5. The molecule has 0 saturated heterocycles. The standard InChI is InChI=1S/C27H27ClN2O4S2/c1-16-7-10-19(13-17(16)2)30-36(33,34)26-14-23-21-5-4-6-22(21)27(29-25(23)15-24(26)28)18-8-11-20(12-9-18)35(3,31)32/h4-5,7-15,21-22,27,29-30H,6H2,1-3H3/t21-,22+,27-/m0/s1. The molecule has 0 aromatic heterocycles. The molecule has 1 aliphatic carbocycles. The van der Waals surface area contributed by atoms with Crippen molar-refractivity contribution in [2.45, 2.75) is 42.0 Å². The molecule has 1 aliphatic heterocycles. The second-order valence-corrected chi connectivity index (χ2v) is 13.7. The number of halogens is 1. The van der Waals surface area contributed by atoms with Gasteiger partial charge < -0.3 is 5.32 Å². The molecule has 0 fully saturated rings. The second-order valence-electron chi connectivity index (χ2n) is 9.59. The van der Waals surface area contributed by atoms with E-state index in [1.807, 2.05) is 32.0 Å². The Morgan fingerprint density at radius 2 is 1.67 bits per heavy atom. The van der Waals surface area contributed by atoms with Crippen LogP contribution in [0.2, 0.25) is 5.02 Å². The fourth-order valence-corrected chi connectivity index (χ4v) is 7.31. The van der Waals surface area contributed by atoms with Crippen molar-refractivity contribution in [1.29, 1.82) is 0 Å². The Kier molecular flexibility index (Phi) is 6.17. The van der Waals surface area contributed by atoms with Gasteiger partial charge >= 0.3 is 0 Å². The third-order valence-corrected chi connectivity index (χ3v) is 10.1. The van der Waals surface area contributed by atoms with Crippen LogP contribution in [0.1, 0.15) is 40.6 Å². The molecule has 9 heteroatoms. The first-order valence-electron chi connectivity index (χ1n) is 11.6. The van der Waals surface area contributed by atoms with Gasteiger partial charge in [-0.3, -0.25) is 4.72 Å². The van der Waals surface area contributed by atoms with Crippen LogP contribution in [0.4, 0.5) is 11.4 Å². The number of fused-ring (bicyclic) bond motifs is 3. The van der Waals surface area contributed by atoms with Gasteiger partial charge in [-0.2, -0.15) is 0 Å². The van der Waals surface area contributed by atoms with Crippen LogP contribution in [0.5, 0.6) is 0 Å². The highest BCUT2D eigenvalue weighted by molar-refractivity contribution is 7.92. The average molecular weight is 543 g/mol. The van der Waals surface area contributed by atoms with E-state index in [4.69, 9.17) is 11.6 Å². The second kappa shape index (κ2) is 8.94. The zero-order chi connectivity index (χ0) is 25.8. The Balaban J connectivity index is 1.50. The molecule has 3 aromatic carbocycles. The molecular weight excluding hydrogens is 516 g/mol. The van der Waals surface area contributed by atoms with Crippen molar-refractivity contribution in [3.8, 4) is 0 Å². The summed E-state index contributed by atoms with van der Waals surface area (Å²) in [4.78, 5) is 0.315. The van der Waals surface area contributed by atoms with E-state index in [1.165, 1.54) is 6.26 Å². The fourth-order valence-electron chi connectivity index (χ4n) is 5.07. The van der Waals surface area contributed by atoms with Gasteiger partial charge in [0.1, 0.15) is 4.90 Å². The van der Waals surface area contributed by atoms with Gasteiger partial charge in [-0.25, -0.2) is 16.8 Å². The number of sulfonamides is 1. The van der Waals surface area contributed by atoms with E-state index in [0.29, 0.717) is 5.69 Å². The summed E-state index contributed by atoms with van der Waals surface area (Å²) < 4.78 is 53.0. The third kappa shape index (κ3) is 4.53. The zero-order valence-corrected chi connectivity index (χ0v) is 22.5. The maximum Gasteiger partial charge on any atom is 0.263 e. The minimum atomic E-state index is -3.91. The number of hydrogen-bond donors (Lipinski definition) is 2. The Morgan fingerprint density at radius 1 is 0.944 bits per heavy atom. The molecule has 0 bridgehead atoms. The molecule has 1 heterocycles. The first kappa shape index (κ1) is 24.9. The summed E-state index contributed by atoms with van der Waals surface area (Å²) in [5, 5.41) is 3.67. The number of nitrogens with one attached hydrogen (secondary N) is 2. The van der Waals surface area contributed by atoms with Crippen LogP contribution in [0.25, 0.3) is 0 Å². The fraction of sp³-hybridized carbons (Fsp3) is 0.259. The van der Waals surface area contributed by atoms with Crippen molar-refractivity contribution in [2.75, 3.05) is 16.3 Å². The molecule has 3 aromatic rings. The monoisotopic (exact) mass is 542 g/mol. The summed E-state index contributed by atoms with van der Waals surface area (Å²) >= 11 is 6.53. The summed E-state index contributed by atoms with van der Waals surface area (Å²) in [6.45, 7) is 3.90. The van der Waals surface area contributed by atoms with E-state index in [-0.39, 0.29) is 32.7 Å². The topological polar surface area (TPSA) is 92.3 Å². The van der Waals surface area contributed by atoms with E-state index in [1.54, 1.807) is 36.4 Å². The van der Waals surface area contributed by atoms with Crippen molar-refractivity contribution in [3.63, 3.8) is 0 Å². The molecule has 0 unspecified atom stereocenters. The van der Waals surface area contributed by atoms with E-state index in [2.05, 4.69) is 22.2 Å². The highest BCUT2D eigenvalue weighted by Crippen LogP contribution is 2.51. The molecular formula is C27H27ClN2O4S2. The Bertz CT molecular complexity index is 1600. The van der Waals surface area contributed by atoms with Crippen LogP contribution >= 0.6 is 11.6 Å². The number of sulfone groups is 1. The largest absolute Gasteiger partial charge is 0.378 e. The number of benzene rings is 3. The van der Waals surface area contributed by atoms with Crippen LogP contribution in [0.15, 0.2) is 76.5 Å². The van der Waals surface area contributed by atoms with Gasteiger partial charge in [0.2, 0.25) is 0 Å². The summed E-state index contributed by atoms with van der Waals surface area (Å²) in [5.74, 6) is 0.166. The first-order chi connectivity index (χ1) is 16.9. The lowest BCUT2D eigenvalue weighted by Gasteiger charge is -2.38. The molecule has 188 valence electrons. The summed E-state index contributed by atoms with van der Waals surface area (Å²) in [6.07, 6.45) is 6.24. The maximum atomic E-state index is 13.3. The predicted molar refractivity (Wildman–Crippen MR) is 144 cm³/mol. The Morgan fingerprint density at radius 3 is 2.33 bits per heavy atom. The predicted octanol–water partition coefficient (Wildman–Crippen LogP) is 5.99. The quantitative estimate of drug-likeness (QED) is 0.386. The third-order valence-electron chi connectivity index (χ3n) is 7.13. The molecule has 0 radical (unpaired) electrons. The van der Waals surface area contributed by atoms with Gasteiger partial charge in [0.05, 0.1) is 16.0 Å². The molecule has 0 spiro atoms. The lowest BCUT2D eigenvalue weighted by molar-refractivity contribution is 0.425. The van der Waals surface area contributed by atoms with Gasteiger partial charge in [-0.05, 0) is 84.8 Å². The lowest BCUT2D eigenvalue weighted by atomic mass is 9.77. The molecule has 5 rings (SSSR count). The minimum absolute atomic E-state index is 0.00803. The van der Waals surface area contributed by atoms with Gasteiger partial charge in [-0.15, -0.1) is 0 Å². The van der Waals surface area contributed by atoms with Crippen LogP contribution in [-0.4, -0.2) is 23.1 Å².